The molecule has 0 aliphatic carbocycles. The monoisotopic (exact) mass is 401 g/mol. The van der Waals surface area contributed by atoms with Crippen LogP contribution in [0, 0.1) is 2.88 Å². The first-order valence-electron chi connectivity index (χ1n) is 5.79. The maximum atomic E-state index is 11.9. The van der Waals surface area contributed by atoms with Crippen LogP contribution < -0.4 is 5.32 Å². The second-order valence-electron chi connectivity index (χ2n) is 4.01. The topological polar surface area (TPSA) is 55.4 Å². The first-order chi connectivity index (χ1) is 9.60. The molecule has 0 unspecified atom stereocenters. The lowest BCUT2D eigenvalue weighted by Gasteiger charge is -2.05. The molecule has 104 valence electrons. The third kappa shape index (κ3) is 3.80. The number of hydrogen-bond donors (Lipinski definition) is 1. The summed E-state index contributed by atoms with van der Waals surface area (Å²) in [7, 11) is 1.35. The van der Waals surface area contributed by atoms with Crippen LogP contribution in [0.4, 0.5) is 0 Å². The molecule has 1 N–H and O–H groups in total. The van der Waals surface area contributed by atoms with E-state index in [9.17, 15) is 9.59 Å². The summed E-state index contributed by atoms with van der Waals surface area (Å²) in [6.07, 6.45) is 0. The lowest BCUT2D eigenvalue weighted by molar-refractivity contribution is 0.0600. The number of methoxy groups -OCH3 is 1. The predicted molar refractivity (Wildman–Crippen MR) is 86.0 cm³/mol. The quantitative estimate of drug-likeness (QED) is 0.633. The molecule has 2 rings (SSSR count). The zero-order chi connectivity index (χ0) is 14.5. The molecule has 6 heteroatoms. The van der Waals surface area contributed by atoms with Crippen LogP contribution in [0.5, 0.6) is 0 Å². The summed E-state index contributed by atoms with van der Waals surface area (Å²) >= 11 is 3.72. The van der Waals surface area contributed by atoms with E-state index in [0.717, 1.165) is 8.45 Å². The minimum atomic E-state index is -0.367. The largest absolute Gasteiger partial charge is 0.465 e. The number of rotatable bonds is 4. The van der Waals surface area contributed by atoms with Gasteiger partial charge in [0.05, 0.1) is 21.1 Å². The van der Waals surface area contributed by atoms with Gasteiger partial charge in [0.2, 0.25) is 0 Å². The number of nitrogens with one attached hydrogen (secondary N) is 1. The van der Waals surface area contributed by atoms with Crippen molar-refractivity contribution in [3.05, 3.63) is 55.3 Å². The number of carbonyl (C=O) groups excluding carboxylic acids is 2. The summed E-state index contributed by atoms with van der Waals surface area (Å²) < 4.78 is 5.71. The Morgan fingerprint density at radius 3 is 2.50 bits per heavy atom. The number of halogens is 1. The van der Waals surface area contributed by atoms with E-state index in [1.165, 1.54) is 18.4 Å². The Bertz CT molecular complexity index is 622. The molecule has 0 saturated heterocycles. The molecule has 0 aliphatic rings. The van der Waals surface area contributed by atoms with Crippen molar-refractivity contribution in [3.63, 3.8) is 0 Å². The molecule has 0 fully saturated rings. The second kappa shape index (κ2) is 6.85. The van der Waals surface area contributed by atoms with Crippen LogP contribution in [0.1, 0.15) is 26.3 Å². The third-order valence-electron chi connectivity index (χ3n) is 2.66. The molecule has 0 bridgehead atoms. The Hall–Kier alpha value is -1.41. The van der Waals surface area contributed by atoms with Crippen LogP contribution in [0.2, 0.25) is 0 Å². The van der Waals surface area contributed by atoms with Crippen molar-refractivity contribution >= 4 is 45.8 Å². The third-order valence-corrected chi connectivity index (χ3v) is 4.45. The van der Waals surface area contributed by atoms with Crippen LogP contribution >= 0.6 is 33.9 Å². The van der Waals surface area contributed by atoms with Gasteiger partial charge in [-0.1, -0.05) is 12.1 Å². The average Bonchev–Trinajstić information content (AvgIpc) is 2.91. The summed E-state index contributed by atoms with van der Waals surface area (Å²) in [5.74, 6) is -0.463. The van der Waals surface area contributed by atoms with E-state index >= 15 is 0 Å². The van der Waals surface area contributed by atoms with E-state index < -0.39 is 0 Å². The zero-order valence-corrected chi connectivity index (χ0v) is 13.7. The lowest BCUT2D eigenvalue weighted by Crippen LogP contribution is -2.22. The molecule has 0 spiro atoms. The van der Waals surface area contributed by atoms with Crippen molar-refractivity contribution in [2.24, 2.45) is 0 Å². The predicted octanol–water partition coefficient (Wildman–Crippen LogP) is 3.07. The Kier molecular flexibility index (Phi) is 5.13. The number of amides is 1. The summed E-state index contributed by atoms with van der Waals surface area (Å²) in [4.78, 5) is 23.2. The van der Waals surface area contributed by atoms with Crippen molar-refractivity contribution < 1.29 is 14.3 Å². The normalized spacial score (nSPS) is 10.1. The maximum Gasteiger partial charge on any atom is 0.337 e. The molecule has 0 radical (unpaired) electrons. The molecule has 1 aromatic carbocycles. The van der Waals surface area contributed by atoms with Gasteiger partial charge in [-0.25, -0.2) is 4.79 Å². The van der Waals surface area contributed by atoms with Gasteiger partial charge in [-0.3, -0.25) is 4.79 Å². The fraction of sp³-hybridized carbons (Fsp3) is 0.143. The highest BCUT2D eigenvalue weighted by atomic mass is 127. The van der Waals surface area contributed by atoms with Gasteiger partial charge in [-0.2, -0.15) is 0 Å². The number of carbonyl (C=O) groups is 2. The number of benzene rings is 1. The van der Waals surface area contributed by atoms with Crippen LogP contribution in [0.25, 0.3) is 0 Å². The van der Waals surface area contributed by atoms with Gasteiger partial charge < -0.3 is 10.1 Å². The molecule has 20 heavy (non-hydrogen) atoms. The van der Waals surface area contributed by atoms with E-state index in [1.54, 1.807) is 24.3 Å². The van der Waals surface area contributed by atoms with E-state index in [2.05, 4.69) is 32.6 Å². The minimum Gasteiger partial charge on any atom is -0.465 e. The number of thiophene rings is 1. The van der Waals surface area contributed by atoms with Crippen LogP contribution in [-0.2, 0) is 11.3 Å². The fourth-order valence-electron chi connectivity index (χ4n) is 1.59. The van der Waals surface area contributed by atoms with Crippen molar-refractivity contribution in [3.8, 4) is 0 Å². The maximum absolute atomic E-state index is 11.9. The molecular weight excluding hydrogens is 389 g/mol. The van der Waals surface area contributed by atoms with Gasteiger partial charge in [0.15, 0.2) is 0 Å². The molecule has 0 aliphatic heterocycles. The SMILES string of the molecule is COC(=O)c1ccc(CNC(=O)c2csc(I)c2)cc1. The first kappa shape index (κ1) is 15.0. The van der Waals surface area contributed by atoms with E-state index in [1.807, 2.05) is 11.4 Å². The van der Waals surface area contributed by atoms with Crippen LogP contribution in [-0.4, -0.2) is 19.0 Å². The summed E-state index contributed by atoms with van der Waals surface area (Å²) in [6, 6.07) is 8.80. The molecule has 4 nitrogen and oxygen atoms in total. The van der Waals surface area contributed by atoms with Gasteiger partial charge >= 0.3 is 5.97 Å². The van der Waals surface area contributed by atoms with E-state index in [4.69, 9.17) is 0 Å². The van der Waals surface area contributed by atoms with E-state index in [-0.39, 0.29) is 11.9 Å². The highest BCUT2D eigenvalue weighted by molar-refractivity contribution is 14.1. The summed E-state index contributed by atoms with van der Waals surface area (Å²) in [6.45, 7) is 0.423. The number of hydrogen-bond acceptors (Lipinski definition) is 4. The Balaban J connectivity index is 1.94. The molecule has 1 aromatic heterocycles. The Morgan fingerprint density at radius 1 is 1.25 bits per heavy atom. The van der Waals surface area contributed by atoms with Crippen molar-refractivity contribution in [2.75, 3.05) is 7.11 Å². The first-order valence-corrected chi connectivity index (χ1v) is 7.75. The Labute approximate surface area is 134 Å². The smallest absolute Gasteiger partial charge is 0.337 e. The van der Waals surface area contributed by atoms with E-state index in [0.29, 0.717) is 17.7 Å². The van der Waals surface area contributed by atoms with Crippen molar-refractivity contribution in [1.29, 1.82) is 0 Å². The fourth-order valence-corrected chi connectivity index (χ4v) is 2.92. The summed E-state index contributed by atoms with van der Waals surface area (Å²) in [5, 5.41) is 4.67. The molecule has 2 aromatic rings. The highest BCUT2D eigenvalue weighted by Crippen LogP contribution is 2.16. The van der Waals surface area contributed by atoms with Gasteiger partial charge in [-0.15, -0.1) is 11.3 Å². The molecule has 1 heterocycles. The van der Waals surface area contributed by atoms with Crippen LogP contribution in [0.15, 0.2) is 35.7 Å². The van der Waals surface area contributed by atoms with Gasteiger partial charge in [0, 0.05) is 11.9 Å². The van der Waals surface area contributed by atoms with Crippen molar-refractivity contribution in [1.82, 2.24) is 5.32 Å². The second-order valence-corrected chi connectivity index (χ2v) is 6.82. The minimum absolute atomic E-state index is 0.0961. The zero-order valence-electron chi connectivity index (χ0n) is 10.7. The van der Waals surface area contributed by atoms with Gasteiger partial charge in [0.1, 0.15) is 0 Å². The lowest BCUT2D eigenvalue weighted by atomic mass is 10.1. The molecule has 0 saturated carbocycles. The van der Waals surface area contributed by atoms with Crippen molar-refractivity contribution in [2.45, 2.75) is 6.54 Å². The standard InChI is InChI=1S/C14H12INO3S/c1-19-14(18)10-4-2-9(3-5-10)7-16-13(17)11-6-12(15)20-8-11/h2-6,8H,7H2,1H3,(H,16,17). The number of esters is 1. The van der Waals surface area contributed by atoms with Gasteiger partial charge in [0.25, 0.3) is 5.91 Å². The molecule has 0 atom stereocenters. The van der Waals surface area contributed by atoms with Crippen LogP contribution in [0.3, 0.4) is 0 Å². The molecular formula is C14H12INO3S. The van der Waals surface area contributed by atoms with Gasteiger partial charge in [-0.05, 0) is 46.4 Å². The molecule has 1 amide bonds. The highest BCUT2D eigenvalue weighted by Gasteiger charge is 2.08. The summed E-state index contributed by atoms with van der Waals surface area (Å²) in [5.41, 5.74) is 2.09. The Morgan fingerprint density at radius 2 is 1.95 bits per heavy atom. The average molecular weight is 401 g/mol. The number of ether oxygens (including phenoxy) is 1.